The van der Waals surface area contributed by atoms with Gasteiger partial charge in [0.1, 0.15) is 0 Å². The van der Waals surface area contributed by atoms with Crippen molar-refractivity contribution >= 4 is 10.0 Å². The molecule has 0 aliphatic rings. The maximum Gasteiger partial charge on any atom is 0.304 e. The molecule has 0 saturated heterocycles. The summed E-state index contributed by atoms with van der Waals surface area (Å²) in [6.45, 7) is 7.36. The van der Waals surface area contributed by atoms with Crippen molar-refractivity contribution in [2.75, 3.05) is 26.4 Å². The van der Waals surface area contributed by atoms with E-state index in [-0.39, 0.29) is 0 Å². The Morgan fingerprint density at radius 1 is 0.846 bits per heavy atom. The Hall–Kier alpha value is 0.0969. The maximum atomic E-state index is 5.32. The molecule has 0 aromatic heterocycles. The highest BCUT2D eigenvalue weighted by Crippen LogP contribution is 1.87. The molecule has 0 aromatic rings. The van der Waals surface area contributed by atoms with Crippen molar-refractivity contribution in [2.24, 2.45) is 0 Å². The summed E-state index contributed by atoms with van der Waals surface area (Å²) >= 11 is 0. The van der Waals surface area contributed by atoms with Gasteiger partial charge >= 0.3 is 10.0 Å². The van der Waals surface area contributed by atoms with Gasteiger partial charge in [0.15, 0.2) is 0 Å². The highest BCUT2D eigenvalue weighted by atomic mass is 28.3. The minimum absolute atomic E-state index is 0.694. The van der Waals surface area contributed by atoms with E-state index in [1.165, 1.54) is 6.42 Å². The molecule has 0 aromatic carbocycles. The molecule has 0 bridgehead atoms. The van der Waals surface area contributed by atoms with Gasteiger partial charge in [-0.25, -0.2) is 0 Å². The summed E-state index contributed by atoms with van der Waals surface area (Å²) in [4.78, 5) is 0. The highest BCUT2D eigenvalue weighted by molar-refractivity contribution is 6.17. The number of rotatable bonds is 10. The van der Waals surface area contributed by atoms with E-state index in [2.05, 4.69) is 13.8 Å². The quantitative estimate of drug-likeness (QED) is 0.398. The molecule has 0 spiro atoms. The summed E-state index contributed by atoms with van der Waals surface area (Å²) in [7, 11) is -0.719. The van der Waals surface area contributed by atoms with E-state index < -0.39 is 10.0 Å². The average Bonchev–Trinajstić information content (AvgIpc) is 2.16. The predicted molar refractivity (Wildman–Crippen MR) is 56.5 cm³/mol. The molecule has 80 valence electrons. The van der Waals surface area contributed by atoms with Crippen molar-refractivity contribution in [3.05, 3.63) is 0 Å². The van der Waals surface area contributed by atoms with Crippen molar-refractivity contribution in [3.8, 4) is 0 Å². The molecule has 0 radical (unpaired) electrons. The van der Waals surface area contributed by atoms with Gasteiger partial charge in [0.2, 0.25) is 0 Å². The molecular formula is C9H22O3Si. The van der Waals surface area contributed by atoms with Crippen molar-refractivity contribution in [1.82, 2.24) is 0 Å². The summed E-state index contributed by atoms with van der Waals surface area (Å²) in [6, 6.07) is 0. The number of hydrogen-bond acceptors (Lipinski definition) is 3. The van der Waals surface area contributed by atoms with Crippen LogP contribution >= 0.6 is 0 Å². The molecule has 0 heterocycles. The van der Waals surface area contributed by atoms with Gasteiger partial charge in [0, 0.05) is 13.2 Å². The summed E-state index contributed by atoms with van der Waals surface area (Å²) in [5.41, 5.74) is 0. The first kappa shape index (κ1) is 13.1. The van der Waals surface area contributed by atoms with E-state index in [9.17, 15) is 0 Å². The molecule has 0 aliphatic carbocycles. The first-order valence-corrected chi connectivity index (χ1v) is 6.30. The number of hydrogen-bond donors (Lipinski definition) is 0. The lowest BCUT2D eigenvalue weighted by Crippen LogP contribution is -2.11. The van der Waals surface area contributed by atoms with Gasteiger partial charge in [-0.3, -0.25) is 0 Å². The molecule has 13 heavy (non-hydrogen) atoms. The Morgan fingerprint density at radius 3 is 2.31 bits per heavy atom. The second kappa shape index (κ2) is 12.1. The molecule has 4 heteroatoms. The monoisotopic (exact) mass is 206 g/mol. The maximum absolute atomic E-state index is 5.32. The van der Waals surface area contributed by atoms with Gasteiger partial charge in [-0.1, -0.05) is 20.3 Å². The Kier molecular flexibility index (Phi) is 12.2. The summed E-state index contributed by atoms with van der Waals surface area (Å²) in [5.74, 6) is 0. The zero-order chi connectivity index (χ0) is 9.78. The van der Waals surface area contributed by atoms with Gasteiger partial charge in [-0.2, -0.15) is 0 Å². The van der Waals surface area contributed by atoms with Crippen molar-refractivity contribution in [2.45, 2.75) is 33.1 Å². The Labute approximate surface area is 83.8 Å². The predicted octanol–water partition coefficient (Wildman–Crippen LogP) is 1.25. The van der Waals surface area contributed by atoms with Crippen LogP contribution in [0.1, 0.15) is 33.1 Å². The van der Waals surface area contributed by atoms with Crippen molar-refractivity contribution < 1.29 is 13.6 Å². The van der Waals surface area contributed by atoms with Crippen LogP contribution in [0.15, 0.2) is 0 Å². The van der Waals surface area contributed by atoms with Gasteiger partial charge in [-0.05, 0) is 12.8 Å². The van der Waals surface area contributed by atoms with Gasteiger partial charge < -0.3 is 13.6 Å². The van der Waals surface area contributed by atoms with Crippen LogP contribution in [0.4, 0.5) is 0 Å². The van der Waals surface area contributed by atoms with E-state index in [0.29, 0.717) is 13.2 Å². The molecular weight excluding hydrogens is 184 g/mol. The van der Waals surface area contributed by atoms with E-state index in [1.54, 1.807) is 0 Å². The second-order valence-electron chi connectivity index (χ2n) is 2.90. The molecule has 0 unspecified atom stereocenters. The number of unbranched alkanes of at least 4 members (excludes halogenated alkanes) is 1. The smallest absolute Gasteiger partial charge is 0.304 e. The minimum Gasteiger partial charge on any atom is -0.399 e. The highest BCUT2D eigenvalue weighted by Gasteiger charge is 1.90. The van der Waals surface area contributed by atoms with Gasteiger partial charge in [0.05, 0.1) is 13.2 Å². The van der Waals surface area contributed by atoms with Gasteiger partial charge in [0.25, 0.3) is 0 Å². The Balaban J connectivity index is 2.76. The molecule has 0 amide bonds. The molecule has 0 aliphatic heterocycles. The third-order valence-electron chi connectivity index (χ3n) is 1.53. The lowest BCUT2D eigenvalue weighted by molar-refractivity contribution is 0.0901. The molecule has 0 N–H and O–H groups in total. The standard InChI is InChI=1S/C9H22O3Si/c1-3-5-7-10-8-9-12-13-11-6-4-2/h3-9,13H2,1-2H3. The molecule has 0 fully saturated rings. The van der Waals surface area contributed by atoms with Crippen LogP contribution in [0.3, 0.4) is 0 Å². The summed E-state index contributed by atoms with van der Waals surface area (Å²) in [5, 5.41) is 0. The fourth-order valence-electron chi connectivity index (χ4n) is 0.787. The third-order valence-corrected chi connectivity index (χ3v) is 2.44. The summed E-state index contributed by atoms with van der Waals surface area (Å²) in [6.07, 6.45) is 3.41. The van der Waals surface area contributed by atoms with E-state index in [0.717, 1.165) is 26.1 Å². The van der Waals surface area contributed by atoms with E-state index >= 15 is 0 Å². The fourth-order valence-corrected chi connectivity index (χ4v) is 1.55. The van der Waals surface area contributed by atoms with Crippen LogP contribution in [0.5, 0.6) is 0 Å². The molecule has 3 nitrogen and oxygen atoms in total. The normalized spacial score (nSPS) is 11.5. The van der Waals surface area contributed by atoms with Crippen molar-refractivity contribution in [3.63, 3.8) is 0 Å². The average molecular weight is 206 g/mol. The van der Waals surface area contributed by atoms with E-state index in [1.807, 2.05) is 0 Å². The Morgan fingerprint density at radius 2 is 1.62 bits per heavy atom. The fraction of sp³-hybridized carbons (Fsp3) is 1.00. The lowest BCUT2D eigenvalue weighted by atomic mass is 10.4. The van der Waals surface area contributed by atoms with Crippen LogP contribution in [-0.4, -0.2) is 36.4 Å². The number of ether oxygens (including phenoxy) is 1. The van der Waals surface area contributed by atoms with Gasteiger partial charge in [-0.15, -0.1) is 0 Å². The van der Waals surface area contributed by atoms with Crippen LogP contribution in [0, 0.1) is 0 Å². The van der Waals surface area contributed by atoms with E-state index in [4.69, 9.17) is 13.6 Å². The zero-order valence-corrected chi connectivity index (χ0v) is 10.3. The van der Waals surface area contributed by atoms with Crippen molar-refractivity contribution in [1.29, 1.82) is 0 Å². The first-order valence-electron chi connectivity index (χ1n) is 5.15. The van der Waals surface area contributed by atoms with Crippen LogP contribution < -0.4 is 0 Å². The molecule has 0 saturated carbocycles. The molecule has 0 atom stereocenters. The van der Waals surface area contributed by atoms with Crippen LogP contribution in [0.25, 0.3) is 0 Å². The Bertz CT molecular complexity index is 80.9. The SMILES string of the molecule is CCCCOCCO[SiH2]OCCC. The largest absolute Gasteiger partial charge is 0.399 e. The topological polar surface area (TPSA) is 27.7 Å². The minimum atomic E-state index is -0.719. The molecule has 0 rings (SSSR count). The lowest BCUT2D eigenvalue weighted by Gasteiger charge is -2.05. The third kappa shape index (κ3) is 12.1. The first-order chi connectivity index (χ1) is 6.41. The van der Waals surface area contributed by atoms with Crippen LogP contribution in [-0.2, 0) is 13.6 Å². The summed E-state index contributed by atoms with van der Waals surface area (Å²) < 4.78 is 15.9. The zero-order valence-electron chi connectivity index (χ0n) is 8.88. The second-order valence-corrected chi connectivity index (χ2v) is 3.95. The van der Waals surface area contributed by atoms with Crippen LogP contribution in [0.2, 0.25) is 0 Å².